The molecule has 1 aromatic carbocycles. The summed E-state index contributed by atoms with van der Waals surface area (Å²) in [4.78, 5) is 11.9. The van der Waals surface area contributed by atoms with Gasteiger partial charge in [-0.1, -0.05) is 24.3 Å². The molecule has 1 atom stereocenters. The molecule has 0 heterocycles. The maximum atomic E-state index is 11.9. The molecule has 1 saturated carbocycles. The number of carbonyl (C=O) groups excluding carboxylic acids is 1. The number of hydrogen-bond donors (Lipinski definition) is 1. The minimum atomic E-state index is -0.395. The van der Waals surface area contributed by atoms with Gasteiger partial charge in [-0.05, 0) is 24.0 Å². The van der Waals surface area contributed by atoms with Crippen LogP contribution in [-0.2, 0) is 20.9 Å². The lowest BCUT2D eigenvalue weighted by atomic mass is 10.0. The molecule has 0 radical (unpaired) electrons. The van der Waals surface area contributed by atoms with Crippen molar-refractivity contribution in [2.24, 2.45) is 0 Å². The molecule has 18 heavy (non-hydrogen) atoms. The molecule has 98 valence electrons. The molecule has 1 aliphatic rings. The van der Waals surface area contributed by atoms with Gasteiger partial charge >= 0.3 is 5.97 Å². The zero-order valence-corrected chi connectivity index (χ0v) is 10.8. The second kappa shape index (κ2) is 5.98. The average Bonchev–Trinajstić information content (AvgIpc) is 3.20. The Morgan fingerprint density at radius 1 is 1.39 bits per heavy atom. The van der Waals surface area contributed by atoms with Gasteiger partial charge in [-0.2, -0.15) is 0 Å². The highest BCUT2D eigenvalue weighted by Gasteiger charge is 2.31. The molecule has 4 heteroatoms. The van der Waals surface area contributed by atoms with E-state index in [-0.39, 0.29) is 5.97 Å². The van der Waals surface area contributed by atoms with Crippen LogP contribution < -0.4 is 5.32 Å². The van der Waals surface area contributed by atoms with E-state index >= 15 is 0 Å². The Hall–Kier alpha value is -1.39. The Bertz CT molecular complexity index is 415. The van der Waals surface area contributed by atoms with Crippen LogP contribution in [0.3, 0.4) is 0 Å². The standard InChI is InChI=1S/C14H19NO3/c1-17-9-10-5-3-4-6-12(10)13(14(16)18-2)15-11-7-8-11/h3-6,11,13,15H,7-9H2,1-2H3. The molecule has 1 fully saturated rings. The van der Waals surface area contributed by atoms with Gasteiger partial charge in [0.2, 0.25) is 0 Å². The van der Waals surface area contributed by atoms with E-state index in [1.807, 2.05) is 24.3 Å². The van der Waals surface area contributed by atoms with Gasteiger partial charge in [-0.3, -0.25) is 5.32 Å². The third-order valence-electron chi connectivity index (χ3n) is 3.08. The van der Waals surface area contributed by atoms with Crippen LogP contribution in [0.25, 0.3) is 0 Å². The topological polar surface area (TPSA) is 47.6 Å². The van der Waals surface area contributed by atoms with E-state index in [0.717, 1.165) is 24.0 Å². The molecule has 4 nitrogen and oxygen atoms in total. The maximum Gasteiger partial charge on any atom is 0.327 e. The fourth-order valence-corrected chi connectivity index (χ4v) is 1.99. The number of ether oxygens (including phenoxy) is 2. The molecule has 2 rings (SSSR count). The Morgan fingerprint density at radius 3 is 2.72 bits per heavy atom. The second-order valence-electron chi connectivity index (χ2n) is 4.53. The molecule has 0 spiro atoms. The van der Waals surface area contributed by atoms with Crippen molar-refractivity contribution < 1.29 is 14.3 Å². The molecule has 1 aromatic rings. The summed E-state index contributed by atoms with van der Waals surface area (Å²) >= 11 is 0. The number of carbonyl (C=O) groups is 1. The molecule has 1 N–H and O–H groups in total. The second-order valence-corrected chi connectivity index (χ2v) is 4.53. The minimum absolute atomic E-state index is 0.245. The third kappa shape index (κ3) is 3.09. The summed E-state index contributed by atoms with van der Waals surface area (Å²) in [5.74, 6) is -0.245. The van der Waals surface area contributed by atoms with E-state index in [1.54, 1.807) is 7.11 Å². The van der Waals surface area contributed by atoms with Crippen molar-refractivity contribution in [1.29, 1.82) is 0 Å². The summed E-state index contributed by atoms with van der Waals surface area (Å²) in [6.07, 6.45) is 2.25. The summed E-state index contributed by atoms with van der Waals surface area (Å²) in [6.45, 7) is 0.496. The maximum absolute atomic E-state index is 11.9. The first kappa shape index (κ1) is 13.1. The zero-order chi connectivity index (χ0) is 13.0. The molecule has 1 unspecified atom stereocenters. The van der Waals surface area contributed by atoms with E-state index in [2.05, 4.69) is 5.32 Å². The molecular weight excluding hydrogens is 230 g/mol. The fraction of sp³-hybridized carbons (Fsp3) is 0.500. The van der Waals surface area contributed by atoms with E-state index in [0.29, 0.717) is 12.6 Å². The first-order valence-corrected chi connectivity index (χ1v) is 6.17. The number of nitrogens with one attached hydrogen (secondary N) is 1. The number of hydrogen-bond acceptors (Lipinski definition) is 4. The van der Waals surface area contributed by atoms with Crippen molar-refractivity contribution in [3.05, 3.63) is 35.4 Å². The summed E-state index contributed by atoms with van der Waals surface area (Å²) < 4.78 is 10.1. The fourth-order valence-electron chi connectivity index (χ4n) is 1.99. The summed E-state index contributed by atoms with van der Waals surface area (Å²) in [5, 5.41) is 3.33. The summed E-state index contributed by atoms with van der Waals surface area (Å²) in [5.41, 5.74) is 1.96. The van der Waals surface area contributed by atoms with Gasteiger partial charge in [0.05, 0.1) is 13.7 Å². The van der Waals surface area contributed by atoms with Crippen LogP contribution in [0.2, 0.25) is 0 Å². The predicted molar refractivity (Wildman–Crippen MR) is 68.1 cm³/mol. The van der Waals surface area contributed by atoms with Gasteiger partial charge < -0.3 is 9.47 Å². The van der Waals surface area contributed by atoms with Crippen molar-refractivity contribution in [1.82, 2.24) is 5.32 Å². The lowest BCUT2D eigenvalue weighted by molar-refractivity contribution is -0.143. The third-order valence-corrected chi connectivity index (χ3v) is 3.08. The Balaban J connectivity index is 2.24. The summed E-state index contributed by atoms with van der Waals surface area (Å²) in [6, 6.07) is 7.84. The van der Waals surface area contributed by atoms with E-state index in [1.165, 1.54) is 7.11 Å². The monoisotopic (exact) mass is 249 g/mol. The zero-order valence-electron chi connectivity index (χ0n) is 10.8. The Kier molecular flexibility index (Phi) is 4.33. The predicted octanol–water partition coefficient (Wildman–Crippen LogP) is 1.80. The van der Waals surface area contributed by atoms with Gasteiger partial charge in [0, 0.05) is 13.2 Å². The van der Waals surface area contributed by atoms with Crippen LogP contribution in [0.4, 0.5) is 0 Å². The highest BCUT2D eigenvalue weighted by Crippen LogP contribution is 2.27. The molecule has 0 saturated heterocycles. The van der Waals surface area contributed by atoms with Gasteiger partial charge in [0.15, 0.2) is 0 Å². The summed E-state index contributed by atoms with van der Waals surface area (Å²) in [7, 11) is 3.07. The van der Waals surface area contributed by atoms with E-state index in [9.17, 15) is 4.79 Å². The molecule has 1 aliphatic carbocycles. The van der Waals surface area contributed by atoms with Crippen LogP contribution in [0.1, 0.15) is 30.0 Å². The largest absolute Gasteiger partial charge is 0.468 e. The van der Waals surface area contributed by atoms with Crippen molar-refractivity contribution in [3.63, 3.8) is 0 Å². The number of benzene rings is 1. The number of rotatable bonds is 6. The Labute approximate surface area is 107 Å². The first-order valence-electron chi connectivity index (χ1n) is 6.17. The minimum Gasteiger partial charge on any atom is -0.468 e. The molecule has 0 aliphatic heterocycles. The molecule has 0 aromatic heterocycles. The van der Waals surface area contributed by atoms with Crippen LogP contribution in [-0.4, -0.2) is 26.2 Å². The Morgan fingerprint density at radius 2 is 2.11 bits per heavy atom. The van der Waals surface area contributed by atoms with E-state index < -0.39 is 6.04 Å². The average molecular weight is 249 g/mol. The van der Waals surface area contributed by atoms with Crippen molar-refractivity contribution in [2.75, 3.05) is 14.2 Å². The number of esters is 1. The van der Waals surface area contributed by atoms with Gasteiger partial charge in [0.1, 0.15) is 6.04 Å². The quantitative estimate of drug-likeness (QED) is 0.781. The van der Waals surface area contributed by atoms with Crippen molar-refractivity contribution in [3.8, 4) is 0 Å². The molecule has 0 bridgehead atoms. The normalized spacial score (nSPS) is 16.3. The highest BCUT2D eigenvalue weighted by atomic mass is 16.5. The van der Waals surface area contributed by atoms with Gasteiger partial charge in [-0.25, -0.2) is 4.79 Å². The number of methoxy groups -OCH3 is 2. The smallest absolute Gasteiger partial charge is 0.327 e. The highest BCUT2D eigenvalue weighted by molar-refractivity contribution is 5.78. The van der Waals surface area contributed by atoms with Crippen LogP contribution in [0.15, 0.2) is 24.3 Å². The molecule has 0 amide bonds. The van der Waals surface area contributed by atoms with Crippen molar-refractivity contribution in [2.45, 2.75) is 31.5 Å². The SMILES string of the molecule is COCc1ccccc1C(NC1CC1)C(=O)OC. The van der Waals surface area contributed by atoms with Crippen LogP contribution >= 0.6 is 0 Å². The van der Waals surface area contributed by atoms with Crippen LogP contribution in [0, 0.1) is 0 Å². The molecular formula is C14H19NO3. The van der Waals surface area contributed by atoms with E-state index in [4.69, 9.17) is 9.47 Å². The lowest BCUT2D eigenvalue weighted by Crippen LogP contribution is -2.32. The van der Waals surface area contributed by atoms with Crippen LogP contribution in [0.5, 0.6) is 0 Å². The van der Waals surface area contributed by atoms with Gasteiger partial charge in [-0.15, -0.1) is 0 Å². The lowest BCUT2D eigenvalue weighted by Gasteiger charge is -2.19. The first-order chi connectivity index (χ1) is 8.76. The van der Waals surface area contributed by atoms with Gasteiger partial charge in [0.25, 0.3) is 0 Å². The van der Waals surface area contributed by atoms with Crippen molar-refractivity contribution >= 4 is 5.97 Å².